The highest BCUT2D eigenvalue weighted by atomic mass is 35.5. The zero-order chi connectivity index (χ0) is 21.8. The van der Waals surface area contributed by atoms with Crippen LogP contribution in [-0.4, -0.2) is 37.5 Å². The maximum Gasteiger partial charge on any atom is 0.298 e. The van der Waals surface area contributed by atoms with E-state index in [-0.39, 0.29) is 21.1 Å². The number of halogens is 1. The number of hydrogen-bond acceptors (Lipinski definition) is 9. The lowest BCUT2D eigenvalue weighted by Gasteiger charge is -2.09. The van der Waals surface area contributed by atoms with Crippen LogP contribution < -0.4 is 4.74 Å². The van der Waals surface area contributed by atoms with Crippen LogP contribution in [0.2, 0.25) is 5.02 Å². The molecule has 4 rings (SSSR count). The second kappa shape index (κ2) is 6.80. The van der Waals surface area contributed by atoms with Crippen LogP contribution in [-0.2, 0) is 20.0 Å². The summed E-state index contributed by atoms with van der Waals surface area (Å²) in [6, 6.07) is 8.17. The minimum Gasteiger partial charge on any atom is -0.505 e. The van der Waals surface area contributed by atoms with E-state index in [0.29, 0.717) is 5.39 Å². The van der Waals surface area contributed by atoms with E-state index in [9.17, 15) is 31.6 Å². The predicted molar refractivity (Wildman–Crippen MR) is 105 cm³/mol. The molecule has 3 aromatic carbocycles. The average molecular weight is 471 g/mol. The number of hydrogen-bond donors (Lipinski definition) is 3. The topological polar surface area (TPSA) is 163 Å². The molecule has 0 spiro atoms. The zero-order valence-corrected chi connectivity index (χ0v) is 17.0. The number of aromatic hydroxyl groups is 2. The number of phenolic OH excluding ortho intramolecular Hbond substituents is 2. The molecule has 0 radical (unpaired) electrons. The van der Waals surface area contributed by atoms with Crippen molar-refractivity contribution < 1.29 is 36.3 Å². The third-order valence-corrected chi connectivity index (χ3v) is 6.81. The maximum absolute atomic E-state index is 12.5. The quantitative estimate of drug-likeness (QED) is 0.385. The summed E-state index contributed by atoms with van der Waals surface area (Å²) in [6.07, 6.45) is 0. The van der Waals surface area contributed by atoms with Crippen molar-refractivity contribution in [3.63, 3.8) is 0 Å². The van der Waals surface area contributed by atoms with Crippen LogP contribution in [0.3, 0.4) is 0 Å². The summed E-state index contributed by atoms with van der Waals surface area (Å²) in [6.45, 7) is 0. The predicted octanol–water partition coefficient (Wildman–Crippen LogP) is 3.69. The molecule has 30 heavy (non-hydrogen) atoms. The Labute approximate surface area is 174 Å². The second-order valence-electron chi connectivity index (χ2n) is 6.22. The van der Waals surface area contributed by atoms with Gasteiger partial charge in [0.05, 0.1) is 0 Å². The Hall–Kier alpha value is -2.93. The number of rotatable bonds is 3. The Balaban J connectivity index is 1.99. The van der Waals surface area contributed by atoms with Gasteiger partial charge in [-0.2, -0.15) is 8.42 Å². The van der Waals surface area contributed by atoms with E-state index >= 15 is 0 Å². The van der Waals surface area contributed by atoms with Gasteiger partial charge in [0.15, 0.2) is 23.1 Å². The Morgan fingerprint density at radius 2 is 1.70 bits per heavy atom. The van der Waals surface area contributed by atoms with Crippen LogP contribution in [0.25, 0.3) is 10.8 Å². The smallest absolute Gasteiger partial charge is 0.298 e. The van der Waals surface area contributed by atoms with Crippen LogP contribution in [0.1, 0.15) is 0 Å². The van der Waals surface area contributed by atoms with Gasteiger partial charge < -0.3 is 14.9 Å². The first-order valence-corrected chi connectivity index (χ1v) is 11.5. The van der Waals surface area contributed by atoms with Gasteiger partial charge >= 0.3 is 0 Å². The van der Waals surface area contributed by atoms with E-state index in [2.05, 4.69) is 10.2 Å². The van der Waals surface area contributed by atoms with E-state index in [4.69, 9.17) is 16.3 Å². The largest absolute Gasteiger partial charge is 0.505 e. The van der Waals surface area contributed by atoms with Crippen molar-refractivity contribution in [3.05, 3.63) is 41.4 Å². The molecule has 1 heterocycles. The van der Waals surface area contributed by atoms with Gasteiger partial charge in [-0.25, -0.2) is 8.42 Å². The molecule has 0 saturated heterocycles. The van der Waals surface area contributed by atoms with E-state index in [0.717, 1.165) is 12.1 Å². The number of sulfone groups is 1. The number of benzene rings is 3. The Kier molecular flexibility index (Phi) is 4.62. The molecule has 10 nitrogen and oxygen atoms in total. The van der Waals surface area contributed by atoms with Crippen molar-refractivity contribution >= 4 is 53.7 Å². The van der Waals surface area contributed by atoms with Crippen molar-refractivity contribution in [2.45, 2.75) is 9.79 Å². The molecule has 0 aliphatic carbocycles. The van der Waals surface area contributed by atoms with Crippen molar-refractivity contribution in [1.29, 1.82) is 0 Å². The fraction of sp³-hybridized carbons (Fsp3) is 0.0588. The van der Waals surface area contributed by atoms with Gasteiger partial charge in [-0.05, 0) is 12.1 Å². The van der Waals surface area contributed by atoms with Gasteiger partial charge in [-0.15, -0.1) is 10.2 Å². The molecule has 156 valence electrons. The summed E-state index contributed by atoms with van der Waals surface area (Å²) < 4.78 is 62.2. The number of azo groups is 1. The molecule has 0 unspecified atom stereocenters. The molecule has 0 amide bonds. The minimum atomic E-state index is -4.83. The van der Waals surface area contributed by atoms with E-state index in [1.165, 1.54) is 6.07 Å². The van der Waals surface area contributed by atoms with Crippen molar-refractivity contribution in [2.24, 2.45) is 10.2 Å². The Bertz CT molecular complexity index is 1470. The summed E-state index contributed by atoms with van der Waals surface area (Å²) in [5.41, 5.74) is -0.929. The standard InChI is InChI=1S/C17H11ClN2O8S2/c18-8-5-11(15(22)12(6-8)30(25,26)27)19-20-13-14(21)9-3-1-2-4-10(9)16-17(13)29(23,24)7-28-16/h1-6,21-22H,7H2,(H,25,26,27). The zero-order valence-electron chi connectivity index (χ0n) is 14.6. The average Bonchev–Trinajstić information content (AvgIpc) is 2.98. The normalized spacial score (nSPS) is 15.4. The van der Waals surface area contributed by atoms with E-state index in [1.807, 2.05) is 0 Å². The fourth-order valence-corrected chi connectivity index (χ4v) is 5.19. The minimum absolute atomic E-state index is 0.00806. The lowest BCUT2D eigenvalue weighted by molar-refractivity contribution is 0.393. The van der Waals surface area contributed by atoms with Crippen LogP contribution >= 0.6 is 11.6 Å². The van der Waals surface area contributed by atoms with Crippen LogP contribution in [0.15, 0.2) is 56.4 Å². The van der Waals surface area contributed by atoms with Crippen LogP contribution in [0.4, 0.5) is 11.4 Å². The molecule has 0 bridgehead atoms. The molecule has 1 aliphatic rings. The fourth-order valence-electron chi connectivity index (χ4n) is 3.01. The number of phenols is 2. The van der Waals surface area contributed by atoms with E-state index in [1.54, 1.807) is 18.2 Å². The number of nitrogens with zero attached hydrogens (tertiary/aromatic N) is 2. The van der Waals surface area contributed by atoms with Gasteiger partial charge in [0.2, 0.25) is 9.84 Å². The van der Waals surface area contributed by atoms with Crippen LogP contribution in [0, 0.1) is 0 Å². The summed E-state index contributed by atoms with van der Waals surface area (Å²) >= 11 is 5.80. The SMILES string of the molecule is O=S(=O)(O)c1cc(Cl)cc(N=Nc2c3c(c4ccccc4c2O)OCS3(=O)=O)c1O. The molecule has 0 atom stereocenters. The molecular weight excluding hydrogens is 460 g/mol. The molecule has 0 fully saturated rings. The molecule has 0 aromatic heterocycles. The molecular formula is C17H11ClN2O8S2. The van der Waals surface area contributed by atoms with Gasteiger partial charge in [0.1, 0.15) is 21.2 Å². The molecule has 1 aliphatic heterocycles. The first kappa shape index (κ1) is 20.3. The lowest BCUT2D eigenvalue weighted by Crippen LogP contribution is -2.01. The first-order chi connectivity index (χ1) is 14.0. The first-order valence-electron chi connectivity index (χ1n) is 8.05. The monoisotopic (exact) mass is 470 g/mol. The number of fused-ring (bicyclic) bond motifs is 3. The third-order valence-electron chi connectivity index (χ3n) is 4.30. The number of ether oxygens (including phenoxy) is 1. The highest BCUT2D eigenvalue weighted by Gasteiger charge is 2.36. The van der Waals surface area contributed by atoms with Crippen LogP contribution in [0.5, 0.6) is 17.2 Å². The molecule has 0 saturated carbocycles. The Morgan fingerprint density at radius 1 is 1.03 bits per heavy atom. The third kappa shape index (κ3) is 3.23. The van der Waals surface area contributed by atoms with Gasteiger partial charge in [-0.1, -0.05) is 35.9 Å². The van der Waals surface area contributed by atoms with Gasteiger partial charge in [-0.3, -0.25) is 4.55 Å². The van der Waals surface area contributed by atoms with Gasteiger partial charge in [0, 0.05) is 15.8 Å². The Morgan fingerprint density at radius 3 is 2.37 bits per heavy atom. The lowest BCUT2D eigenvalue weighted by atomic mass is 10.1. The van der Waals surface area contributed by atoms with Crippen molar-refractivity contribution in [2.75, 3.05) is 5.94 Å². The second-order valence-corrected chi connectivity index (χ2v) is 9.92. The highest BCUT2D eigenvalue weighted by molar-refractivity contribution is 7.91. The summed E-state index contributed by atoms with van der Waals surface area (Å²) in [4.78, 5) is -1.30. The molecule has 3 N–H and O–H groups in total. The van der Waals surface area contributed by atoms with Crippen molar-refractivity contribution in [1.82, 2.24) is 0 Å². The van der Waals surface area contributed by atoms with Gasteiger partial charge in [0.25, 0.3) is 10.1 Å². The summed E-state index contributed by atoms with van der Waals surface area (Å²) in [7, 11) is -8.79. The summed E-state index contributed by atoms with van der Waals surface area (Å²) in [5.74, 6) is -2.13. The highest BCUT2D eigenvalue weighted by Crippen LogP contribution is 2.51. The molecule has 3 aromatic rings. The maximum atomic E-state index is 12.5. The summed E-state index contributed by atoms with van der Waals surface area (Å²) in [5, 5.41) is 28.5. The van der Waals surface area contributed by atoms with E-state index < -0.39 is 53.7 Å². The molecule has 13 heteroatoms. The van der Waals surface area contributed by atoms with Crippen molar-refractivity contribution in [3.8, 4) is 17.2 Å².